The Kier molecular flexibility index (Phi) is 7.16. The molecule has 96 valence electrons. The van der Waals surface area contributed by atoms with Crippen LogP contribution >= 0.6 is 23.6 Å². The van der Waals surface area contributed by atoms with Crippen LogP contribution in [0.3, 0.4) is 0 Å². The van der Waals surface area contributed by atoms with Crippen LogP contribution in [0.25, 0.3) is 0 Å². The Bertz CT molecular complexity index is 314. The summed E-state index contributed by atoms with van der Waals surface area (Å²) in [5.41, 5.74) is 0. The summed E-state index contributed by atoms with van der Waals surface area (Å²) in [7, 11) is 1.68. The fourth-order valence-corrected chi connectivity index (χ4v) is 2.60. The van der Waals surface area contributed by atoms with Gasteiger partial charge in [-0.1, -0.05) is 19.4 Å². The second kappa shape index (κ2) is 8.44. The molecule has 17 heavy (non-hydrogen) atoms. The Labute approximate surface area is 113 Å². The molecular weight excluding hydrogens is 252 g/mol. The van der Waals surface area contributed by atoms with Crippen molar-refractivity contribution in [1.82, 2.24) is 10.6 Å². The van der Waals surface area contributed by atoms with Crippen LogP contribution in [-0.2, 0) is 4.74 Å². The third-order valence-electron chi connectivity index (χ3n) is 2.36. The molecule has 5 heteroatoms. The highest BCUT2D eigenvalue weighted by Crippen LogP contribution is 2.22. The first-order chi connectivity index (χ1) is 8.27. The molecule has 0 aliphatic carbocycles. The topological polar surface area (TPSA) is 33.3 Å². The molecule has 0 bridgehead atoms. The highest BCUT2D eigenvalue weighted by atomic mass is 32.1. The van der Waals surface area contributed by atoms with Crippen LogP contribution in [0.4, 0.5) is 0 Å². The van der Waals surface area contributed by atoms with Gasteiger partial charge < -0.3 is 15.4 Å². The maximum absolute atomic E-state index is 5.26. The van der Waals surface area contributed by atoms with Gasteiger partial charge in [-0.05, 0) is 30.1 Å². The summed E-state index contributed by atoms with van der Waals surface area (Å²) >= 11 is 7.03. The SMILES string of the molecule is CCCC(NC(=S)NCCOC)c1cccs1. The van der Waals surface area contributed by atoms with Gasteiger partial charge in [0.15, 0.2) is 5.11 Å². The summed E-state index contributed by atoms with van der Waals surface area (Å²) in [6.07, 6.45) is 2.23. The maximum atomic E-state index is 5.26. The molecule has 0 aliphatic rings. The first-order valence-electron chi connectivity index (χ1n) is 5.84. The smallest absolute Gasteiger partial charge is 0.166 e. The van der Waals surface area contributed by atoms with E-state index in [-0.39, 0.29) is 0 Å². The first kappa shape index (κ1) is 14.4. The molecule has 0 amide bonds. The van der Waals surface area contributed by atoms with Gasteiger partial charge in [-0.2, -0.15) is 0 Å². The molecule has 0 radical (unpaired) electrons. The highest BCUT2D eigenvalue weighted by molar-refractivity contribution is 7.80. The van der Waals surface area contributed by atoms with Gasteiger partial charge in [-0.3, -0.25) is 0 Å². The average molecular weight is 272 g/mol. The fraction of sp³-hybridized carbons (Fsp3) is 0.583. The molecule has 2 N–H and O–H groups in total. The standard InChI is InChI=1S/C12H20N2OS2/c1-3-5-10(11-6-4-9-17-11)14-12(16)13-7-8-15-2/h4,6,9-10H,3,5,7-8H2,1-2H3,(H2,13,14,16). The zero-order valence-electron chi connectivity index (χ0n) is 10.4. The Hall–Kier alpha value is -0.650. The molecule has 0 aromatic carbocycles. The average Bonchev–Trinajstić information content (AvgIpc) is 2.82. The van der Waals surface area contributed by atoms with Crippen molar-refractivity contribution in [2.75, 3.05) is 20.3 Å². The van der Waals surface area contributed by atoms with Crippen molar-refractivity contribution >= 4 is 28.7 Å². The van der Waals surface area contributed by atoms with Crippen molar-refractivity contribution in [3.8, 4) is 0 Å². The van der Waals surface area contributed by atoms with Gasteiger partial charge in [0.05, 0.1) is 12.6 Å². The molecule has 0 fully saturated rings. The van der Waals surface area contributed by atoms with Gasteiger partial charge >= 0.3 is 0 Å². The largest absolute Gasteiger partial charge is 0.383 e. The predicted octanol–water partition coefficient (Wildman–Crippen LogP) is 2.70. The van der Waals surface area contributed by atoms with E-state index in [9.17, 15) is 0 Å². The minimum absolute atomic E-state index is 0.322. The number of thiocarbonyl (C=S) groups is 1. The van der Waals surface area contributed by atoms with E-state index in [1.807, 2.05) is 0 Å². The zero-order valence-corrected chi connectivity index (χ0v) is 12.0. The molecule has 0 saturated carbocycles. The Balaban J connectivity index is 2.41. The molecule has 1 aromatic heterocycles. The van der Waals surface area contributed by atoms with Crippen LogP contribution in [0.1, 0.15) is 30.7 Å². The third-order valence-corrected chi connectivity index (χ3v) is 3.61. The molecule has 1 aromatic rings. The molecule has 1 rings (SSSR count). The molecule has 0 aliphatic heterocycles. The third kappa shape index (κ3) is 5.48. The number of hydrogen-bond acceptors (Lipinski definition) is 3. The maximum Gasteiger partial charge on any atom is 0.166 e. The molecule has 1 unspecified atom stereocenters. The number of thiophene rings is 1. The van der Waals surface area contributed by atoms with Crippen molar-refractivity contribution in [3.63, 3.8) is 0 Å². The lowest BCUT2D eigenvalue weighted by Crippen LogP contribution is -2.38. The van der Waals surface area contributed by atoms with Crippen LogP contribution in [0, 0.1) is 0 Å². The fourth-order valence-electron chi connectivity index (χ4n) is 1.54. The van der Waals surface area contributed by atoms with Crippen LogP contribution in [0.2, 0.25) is 0 Å². The van der Waals surface area contributed by atoms with Gasteiger partial charge in [0, 0.05) is 18.5 Å². The van der Waals surface area contributed by atoms with Gasteiger partial charge in [-0.15, -0.1) is 11.3 Å². The molecule has 0 saturated heterocycles. The lowest BCUT2D eigenvalue weighted by Gasteiger charge is -2.19. The van der Waals surface area contributed by atoms with Crippen LogP contribution in [0.5, 0.6) is 0 Å². The van der Waals surface area contributed by atoms with Crippen molar-refractivity contribution in [3.05, 3.63) is 22.4 Å². The van der Waals surface area contributed by atoms with E-state index in [0.29, 0.717) is 17.8 Å². The lowest BCUT2D eigenvalue weighted by atomic mass is 10.1. The molecule has 1 heterocycles. The van der Waals surface area contributed by atoms with Gasteiger partial charge in [0.25, 0.3) is 0 Å². The molecule has 0 spiro atoms. The van der Waals surface area contributed by atoms with E-state index in [2.05, 4.69) is 35.1 Å². The summed E-state index contributed by atoms with van der Waals surface area (Å²) in [6, 6.07) is 4.55. The van der Waals surface area contributed by atoms with E-state index >= 15 is 0 Å². The lowest BCUT2D eigenvalue weighted by molar-refractivity contribution is 0.204. The highest BCUT2D eigenvalue weighted by Gasteiger charge is 2.12. The normalized spacial score (nSPS) is 12.1. The van der Waals surface area contributed by atoms with Crippen molar-refractivity contribution in [2.45, 2.75) is 25.8 Å². The minimum atomic E-state index is 0.322. The predicted molar refractivity (Wildman–Crippen MR) is 77.6 cm³/mol. The van der Waals surface area contributed by atoms with E-state index in [1.165, 1.54) is 4.88 Å². The second-order valence-electron chi connectivity index (χ2n) is 3.75. The monoisotopic (exact) mass is 272 g/mol. The van der Waals surface area contributed by atoms with Crippen LogP contribution in [-0.4, -0.2) is 25.4 Å². The van der Waals surface area contributed by atoms with E-state index in [4.69, 9.17) is 17.0 Å². The summed E-state index contributed by atoms with van der Waals surface area (Å²) in [6.45, 7) is 3.59. The summed E-state index contributed by atoms with van der Waals surface area (Å²) in [5.74, 6) is 0. The van der Waals surface area contributed by atoms with E-state index in [1.54, 1.807) is 18.4 Å². The number of methoxy groups -OCH3 is 1. The Morgan fingerprint density at radius 3 is 3.00 bits per heavy atom. The van der Waals surface area contributed by atoms with Crippen LogP contribution in [0.15, 0.2) is 17.5 Å². The summed E-state index contributed by atoms with van der Waals surface area (Å²) in [5, 5.41) is 9.29. The number of nitrogens with one attached hydrogen (secondary N) is 2. The van der Waals surface area contributed by atoms with Gasteiger partial charge in [0.2, 0.25) is 0 Å². The van der Waals surface area contributed by atoms with Crippen molar-refractivity contribution < 1.29 is 4.74 Å². The van der Waals surface area contributed by atoms with Gasteiger partial charge in [-0.25, -0.2) is 0 Å². The van der Waals surface area contributed by atoms with Crippen LogP contribution < -0.4 is 10.6 Å². The quantitative estimate of drug-likeness (QED) is 0.591. The number of hydrogen-bond donors (Lipinski definition) is 2. The zero-order chi connectivity index (χ0) is 12.5. The van der Waals surface area contributed by atoms with Crippen molar-refractivity contribution in [1.29, 1.82) is 0 Å². The minimum Gasteiger partial charge on any atom is -0.383 e. The molecule has 3 nitrogen and oxygen atoms in total. The number of rotatable bonds is 7. The molecular formula is C12H20N2OS2. The van der Waals surface area contributed by atoms with E-state index < -0.39 is 0 Å². The summed E-state index contributed by atoms with van der Waals surface area (Å²) in [4.78, 5) is 1.34. The Morgan fingerprint density at radius 2 is 2.41 bits per heavy atom. The van der Waals surface area contributed by atoms with Crippen molar-refractivity contribution in [2.24, 2.45) is 0 Å². The van der Waals surface area contributed by atoms with Gasteiger partial charge in [0.1, 0.15) is 0 Å². The number of ether oxygens (including phenoxy) is 1. The first-order valence-corrected chi connectivity index (χ1v) is 7.13. The second-order valence-corrected chi connectivity index (χ2v) is 5.14. The Morgan fingerprint density at radius 1 is 1.59 bits per heavy atom. The summed E-state index contributed by atoms with van der Waals surface area (Å²) < 4.78 is 4.97. The molecule has 1 atom stereocenters. The van der Waals surface area contributed by atoms with E-state index in [0.717, 1.165) is 19.4 Å².